The van der Waals surface area contributed by atoms with Crippen molar-refractivity contribution >= 4 is 6.08 Å². The van der Waals surface area contributed by atoms with Crippen LogP contribution in [0.4, 0.5) is 0 Å². The number of allylic oxidation sites excluding steroid dienone is 4. The van der Waals surface area contributed by atoms with Gasteiger partial charge >= 0.3 is 0 Å². The second-order valence-corrected chi connectivity index (χ2v) is 23.1. The van der Waals surface area contributed by atoms with Gasteiger partial charge in [-0.15, -0.1) is 0 Å². The Kier molecular flexibility index (Phi) is 3.56. The van der Waals surface area contributed by atoms with Crippen molar-refractivity contribution in [3.63, 3.8) is 0 Å². The number of benzene rings is 1. The van der Waals surface area contributed by atoms with Crippen molar-refractivity contribution in [1.82, 2.24) is 0 Å². The van der Waals surface area contributed by atoms with Crippen molar-refractivity contribution in [3.05, 3.63) is 65.3 Å². The van der Waals surface area contributed by atoms with Gasteiger partial charge in [0.15, 0.2) is 0 Å². The largest absolute Gasteiger partial charge is 0.0985 e. The molecule has 14 fully saturated rings. The van der Waals surface area contributed by atoms with Gasteiger partial charge in [-0.2, -0.15) is 0 Å². The van der Waals surface area contributed by atoms with E-state index in [1.165, 1.54) is 76.6 Å². The van der Waals surface area contributed by atoms with Gasteiger partial charge in [-0.1, -0.05) is 60.2 Å². The summed E-state index contributed by atoms with van der Waals surface area (Å²) < 4.78 is 0. The molecule has 17 aliphatic carbocycles. The van der Waals surface area contributed by atoms with Crippen LogP contribution < -0.4 is 0 Å². The molecule has 1 aromatic rings. The van der Waals surface area contributed by atoms with Gasteiger partial charge in [0.1, 0.15) is 0 Å². The maximum atomic E-state index is 4.13. The number of hydrogen-bond donors (Lipinski definition) is 0. The van der Waals surface area contributed by atoms with E-state index in [-0.39, 0.29) is 0 Å². The summed E-state index contributed by atoms with van der Waals surface area (Å²) in [5, 5.41) is 0. The van der Waals surface area contributed by atoms with Gasteiger partial charge in [0.05, 0.1) is 0 Å². The molecule has 31 atom stereocenters. The van der Waals surface area contributed by atoms with Crippen molar-refractivity contribution in [1.29, 1.82) is 0 Å². The first kappa shape index (κ1) is 24.6. The average molecular weight is 641 g/mol. The van der Waals surface area contributed by atoms with Crippen LogP contribution in [0.15, 0.2) is 54.1 Å². The summed E-state index contributed by atoms with van der Waals surface area (Å²) in [4.78, 5) is 0. The topological polar surface area (TPSA) is 0 Å². The minimum Gasteiger partial charge on any atom is -0.0985 e. The Morgan fingerprint density at radius 2 is 0.898 bits per heavy atom. The molecule has 0 nitrogen and oxygen atoms in total. The number of hydrogen-bond acceptors (Lipinski definition) is 0. The molecule has 0 aliphatic heterocycles. The van der Waals surface area contributed by atoms with Crippen LogP contribution in [0, 0.1) is 178 Å². The molecule has 1 aromatic carbocycles. The molecule has 0 spiro atoms. The fourth-order valence-corrected chi connectivity index (χ4v) is 25.6. The highest BCUT2D eigenvalue weighted by Crippen LogP contribution is 2.93. The van der Waals surface area contributed by atoms with E-state index in [1.54, 1.807) is 44.1 Å². The SMILES string of the molecule is C=Cc1ccc(C2C3C4=C5C6C(C7CCC8C9CCC%10C%11CCC%12C%13C=CC4C4C5C5C%14C6C7C8C6C9C%10C7C%11C%12C(C%134)C5C7C6%14)C32)cc1. The zero-order valence-corrected chi connectivity index (χ0v) is 28.9. The molecule has 17 aliphatic rings. The summed E-state index contributed by atoms with van der Waals surface area (Å²) in [6.45, 7) is 4.13. The third-order valence-electron chi connectivity index (χ3n) is 24.3. The standard InChI is InChI=1S/C49H52/c1-2-15-3-5-16(6-4-15)25-36-34-23-13-11-21-19-9-7-17-18-8-10-20-22-12-14-24-33-31(22)40-29(20)27(18)38-26(17)28(19)39-30(21)32(23)41-43(34)44(35(24)37(25)36)42(33)49-47(40)45(38)46(39)48(41)49/h2-6,11,13,17-33,35-42,44-49H,1,7-10,12,14H2. The molecule has 18 rings (SSSR count). The van der Waals surface area contributed by atoms with Crippen LogP contribution in [-0.2, 0) is 0 Å². The number of fused-ring (bicyclic) bond motifs is 8. The molecule has 31 unspecified atom stereocenters. The van der Waals surface area contributed by atoms with Crippen molar-refractivity contribution in [2.24, 2.45) is 178 Å². The van der Waals surface area contributed by atoms with Gasteiger partial charge in [0.2, 0.25) is 0 Å². The van der Waals surface area contributed by atoms with Crippen molar-refractivity contribution in [2.75, 3.05) is 0 Å². The lowest BCUT2D eigenvalue weighted by Gasteiger charge is -2.61. The molecule has 49 heavy (non-hydrogen) atoms. The van der Waals surface area contributed by atoms with Gasteiger partial charge < -0.3 is 0 Å². The smallest absolute Gasteiger partial charge is 0.00199 e. The fourth-order valence-electron chi connectivity index (χ4n) is 25.6. The molecule has 0 aromatic heterocycles. The van der Waals surface area contributed by atoms with E-state index in [1.807, 2.05) is 0 Å². The van der Waals surface area contributed by atoms with E-state index in [4.69, 9.17) is 0 Å². The van der Waals surface area contributed by atoms with Gasteiger partial charge in [0, 0.05) is 5.92 Å². The first-order valence-electron chi connectivity index (χ1n) is 22.5. The van der Waals surface area contributed by atoms with E-state index >= 15 is 0 Å². The molecular weight excluding hydrogens is 589 g/mol. The maximum Gasteiger partial charge on any atom is 0.00199 e. The van der Waals surface area contributed by atoms with E-state index in [0.717, 1.165) is 112 Å². The molecule has 0 heteroatoms. The quantitative estimate of drug-likeness (QED) is 0.283. The van der Waals surface area contributed by atoms with Gasteiger partial charge in [-0.3, -0.25) is 0 Å². The van der Waals surface area contributed by atoms with Gasteiger partial charge in [-0.25, -0.2) is 0 Å². The Morgan fingerprint density at radius 3 is 1.59 bits per heavy atom. The summed E-state index contributed by atoms with van der Waals surface area (Å²) in [6.07, 6.45) is 18.1. The second kappa shape index (κ2) is 7.07. The second-order valence-electron chi connectivity index (χ2n) is 23.1. The molecule has 0 N–H and O–H groups in total. The Bertz CT molecular complexity index is 1940. The van der Waals surface area contributed by atoms with Crippen molar-refractivity contribution < 1.29 is 0 Å². The minimum absolute atomic E-state index is 0.831. The van der Waals surface area contributed by atoms with Crippen LogP contribution in [0.25, 0.3) is 6.08 Å². The minimum atomic E-state index is 0.831. The first-order valence-corrected chi connectivity index (χ1v) is 22.5. The zero-order chi connectivity index (χ0) is 30.4. The monoisotopic (exact) mass is 640 g/mol. The Balaban J connectivity index is 0.957. The molecule has 0 bridgehead atoms. The number of rotatable bonds is 2. The highest BCUT2D eigenvalue weighted by atomic mass is 14.9. The lowest BCUT2D eigenvalue weighted by atomic mass is 9.43. The lowest BCUT2D eigenvalue weighted by molar-refractivity contribution is -0.146. The lowest BCUT2D eigenvalue weighted by Crippen LogP contribution is -2.58. The molecular formula is C49H52. The normalized spacial score (nSPS) is 75.0. The van der Waals surface area contributed by atoms with E-state index in [9.17, 15) is 0 Å². The molecule has 0 saturated heterocycles. The molecule has 14 saturated carbocycles. The van der Waals surface area contributed by atoms with Gasteiger partial charge in [0.25, 0.3) is 0 Å². The van der Waals surface area contributed by atoms with Crippen LogP contribution in [0.3, 0.4) is 0 Å². The summed E-state index contributed by atoms with van der Waals surface area (Å²) >= 11 is 0. The van der Waals surface area contributed by atoms with E-state index < -0.39 is 0 Å². The Labute approximate surface area is 292 Å². The third kappa shape index (κ3) is 2.03. The van der Waals surface area contributed by atoms with Crippen LogP contribution >= 0.6 is 0 Å². The summed E-state index contributed by atoms with van der Waals surface area (Å²) in [5.74, 6) is 34.3. The maximum absolute atomic E-state index is 4.13. The molecule has 0 amide bonds. The van der Waals surface area contributed by atoms with Crippen LogP contribution in [0.2, 0.25) is 0 Å². The van der Waals surface area contributed by atoms with Gasteiger partial charge in [-0.05, 0) is 227 Å². The van der Waals surface area contributed by atoms with Crippen LogP contribution in [0.5, 0.6) is 0 Å². The van der Waals surface area contributed by atoms with Crippen LogP contribution in [0.1, 0.15) is 55.6 Å². The fraction of sp³-hybridized carbons (Fsp3) is 0.755. The Hall–Kier alpha value is -1.56. The highest BCUT2D eigenvalue weighted by Gasteiger charge is 2.89. The van der Waals surface area contributed by atoms with Crippen LogP contribution in [-0.4, -0.2) is 0 Å². The molecule has 0 heterocycles. The zero-order valence-electron chi connectivity index (χ0n) is 28.9. The predicted molar refractivity (Wildman–Crippen MR) is 188 cm³/mol. The first-order chi connectivity index (χ1) is 24.3. The average Bonchev–Trinajstić information content (AvgIpc) is 3.65. The van der Waals surface area contributed by atoms with Crippen molar-refractivity contribution in [2.45, 2.75) is 44.4 Å². The van der Waals surface area contributed by atoms with Crippen molar-refractivity contribution in [3.8, 4) is 0 Å². The summed E-state index contributed by atoms with van der Waals surface area (Å²) in [7, 11) is 0. The van der Waals surface area contributed by atoms with E-state index in [0.29, 0.717) is 0 Å². The highest BCUT2D eigenvalue weighted by molar-refractivity contribution is 5.55. The molecule has 0 radical (unpaired) electrons. The predicted octanol–water partition coefficient (Wildman–Crippen LogP) is 9.32. The molecule has 248 valence electrons. The Morgan fingerprint density at radius 1 is 0.388 bits per heavy atom. The third-order valence-corrected chi connectivity index (χ3v) is 24.3. The summed E-state index contributed by atoms with van der Waals surface area (Å²) in [6, 6.07) is 10.00. The summed E-state index contributed by atoms with van der Waals surface area (Å²) in [5.41, 5.74) is 7.50. The van der Waals surface area contributed by atoms with E-state index in [2.05, 4.69) is 60.2 Å².